The van der Waals surface area contributed by atoms with E-state index in [0.29, 0.717) is 17.9 Å². The van der Waals surface area contributed by atoms with E-state index in [2.05, 4.69) is 15.7 Å². The van der Waals surface area contributed by atoms with Gasteiger partial charge in [-0.25, -0.2) is 10.8 Å². The van der Waals surface area contributed by atoms with Crippen LogP contribution in [0.4, 0.5) is 5.82 Å². The van der Waals surface area contributed by atoms with Crippen LogP contribution in [0.2, 0.25) is 0 Å². The number of carbonyl (C=O) groups is 1. The van der Waals surface area contributed by atoms with Crippen molar-refractivity contribution in [1.82, 2.24) is 10.3 Å². The highest BCUT2D eigenvalue weighted by Gasteiger charge is 2.08. The van der Waals surface area contributed by atoms with E-state index in [4.69, 9.17) is 5.84 Å². The maximum atomic E-state index is 11.7. The van der Waals surface area contributed by atoms with Gasteiger partial charge in [-0.3, -0.25) is 4.79 Å². The highest BCUT2D eigenvalue weighted by atomic mass is 16.1. The zero-order valence-corrected chi connectivity index (χ0v) is 9.71. The van der Waals surface area contributed by atoms with Gasteiger partial charge in [-0.15, -0.1) is 0 Å². The minimum atomic E-state index is -0.0875. The summed E-state index contributed by atoms with van der Waals surface area (Å²) in [7, 11) is 0. The molecule has 0 aliphatic carbocycles. The van der Waals surface area contributed by atoms with Gasteiger partial charge in [0.05, 0.1) is 0 Å². The zero-order chi connectivity index (χ0) is 12.0. The molecule has 1 heterocycles. The molecule has 0 atom stereocenters. The Morgan fingerprint density at radius 1 is 1.44 bits per heavy atom. The minimum absolute atomic E-state index is 0.0875. The third-order valence-corrected chi connectivity index (χ3v) is 2.19. The van der Waals surface area contributed by atoms with Gasteiger partial charge in [-0.05, 0) is 25.0 Å². The van der Waals surface area contributed by atoms with Crippen LogP contribution in [0.1, 0.15) is 36.3 Å². The first-order valence-corrected chi connectivity index (χ1v) is 5.47. The van der Waals surface area contributed by atoms with Crippen molar-refractivity contribution in [1.29, 1.82) is 0 Å². The Bertz CT molecular complexity index is 343. The molecule has 0 aliphatic heterocycles. The molecule has 0 saturated carbocycles. The summed E-state index contributed by atoms with van der Waals surface area (Å²) < 4.78 is 0. The number of hydrazine groups is 1. The molecular formula is C11H18N4O. The van der Waals surface area contributed by atoms with Crippen LogP contribution in [0.15, 0.2) is 12.1 Å². The summed E-state index contributed by atoms with van der Waals surface area (Å²) in [6.07, 6.45) is 1.68. The van der Waals surface area contributed by atoms with Gasteiger partial charge in [0.15, 0.2) is 0 Å². The lowest BCUT2D eigenvalue weighted by atomic mass is 10.2. The average molecular weight is 222 g/mol. The molecule has 0 unspecified atom stereocenters. The molecule has 0 bridgehead atoms. The summed E-state index contributed by atoms with van der Waals surface area (Å²) in [6, 6.07) is 3.43. The monoisotopic (exact) mass is 222 g/mol. The Labute approximate surface area is 95.4 Å². The Morgan fingerprint density at radius 3 is 2.75 bits per heavy atom. The third kappa shape index (κ3) is 3.20. The van der Waals surface area contributed by atoms with Crippen LogP contribution < -0.4 is 16.6 Å². The molecule has 0 radical (unpaired) electrons. The summed E-state index contributed by atoms with van der Waals surface area (Å²) in [6.45, 7) is 4.67. The van der Waals surface area contributed by atoms with Crippen molar-refractivity contribution in [2.24, 2.45) is 5.84 Å². The van der Waals surface area contributed by atoms with E-state index in [1.165, 1.54) is 0 Å². The molecule has 0 aromatic carbocycles. The van der Waals surface area contributed by atoms with Crippen LogP contribution in [-0.4, -0.2) is 17.4 Å². The van der Waals surface area contributed by atoms with Gasteiger partial charge in [0.2, 0.25) is 0 Å². The Morgan fingerprint density at radius 2 is 2.19 bits per heavy atom. The van der Waals surface area contributed by atoms with E-state index in [-0.39, 0.29) is 5.91 Å². The number of nitrogens with two attached hydrogens (primary N) is 1. The number of aromatic nitrogens is 1. The molecule has 0 aliphatic rings. The highest BCUT2D eigenvalue weighted by Crippen LogP contribution is 2.10. The van der Waals surface area contributed by atoms with Gasteiger partial charge in [-0.2, -0.15) is 0 Å². The molecule has 0 spiro atoms. The second-order valence-electron chi connectivity index (χ2n) is 3.49. The molecule has 5 nitrogen and oxygen atoms in total. The first-order chi connectivity index (χ1) is 7.71. The maximum Gasteiger partial charge on any atom is 0.251 e. The van der Waals surface area contributed by atoms with Gasteiger partial charge in [-0.1, -0.05) is 13.8 Å². The van der Waals surface area contributed by atoms with Crippen molar-refractivity contribution in [2.75, 3.05) is 12.0 Å². The summed E-state index contributed by atoms with van der Waals surface area (Å²) in [5.74, 6) is 5.73. The average Bonchev–Trinajstić information content (AvgIpc) is 2.35. The van der Waals surface area contributed by atoms with E-state index < -0.39 is 0 Å². The molecule has 1 aromatic heterocycles. The van der Waals surface area contributed by atoms with Crippen LogP contribution in [0, 0.1) is 0 Å². The maximum absolute atomic E-state index is 11.7. The number of nitrogens with zero attached hydrogens (tertiary/aromatic N) is 1. The Hall–Kier alpha value is -1.62. The molecule has 5 heteroatoms. The van der Waals surface area contributed by atoms with Gasteiger partial charge < -0.3 is 10.7 Å². The Balaban J connectivity index is 2.89. The van der Waals surface area contributed by atoms with E-state index in [1.54, 1.807) is 12.1 Å². The fourth-order valence-electron chi connectivity index (χ4n) is 1.31. The van der Waals surface area contributed by atoms with Crippen LogP contribution in [0.3, 0.4) is 0 Å². The first kappa shape index (κ1) is 12.4. The number of amides is 1. The van der Waals surface area contributed by atoms with Gasteiger partial charge >= 0.3 is 0 Å². The number of carbonyl (C=O) groups excluding carboxylic acids is 1. The van der Waals surface area contributed by atoms with Crippen molar-refractivity contribution in [3.8, 4) is 0 Å². The molecule has 16 heavy (non-hydrogen) atoms. The fourth-order valence-corrected chi connectivity index (χ4v) is 1.31. The second kappa shape index (κ2) is 6.07. The topological polar surface area (TPSA) is 80.0 Å². The van der Waals surface area contributed by atoms with Crippen LogP contribution in [0.25, 0.3) is 0 Å². The number of nitrogens with one attached hydrogen (secondary N) is 2. The van der Waals surface area contributed by atoms with Gasteiger partial charge in [0.25, 0.3) is 5.91 Å². The van der Waals surface area contributed by atoms with Gasteiger partial charge in [0.1, 0.15) is 5.82 Å². The standard InChI is InChI=1S/C11H18N4O/c1-3-5-13-11(16)8-6-9(4-2)14-10(7-8)15-12/h6-7H,3-5,12H2,1-2H3,(H,13,16)(H,14,15). The highest BCUT2D eigenvalue weighted by molar-refractivity contribution is 5.94. The largest absolute Gasteiger partial charge is 0.352 e. The Kier molecular flexibility index (Phi) is 4.72. The summed E-state index contributed by atoms with van der Waals surface area (Å²) in [5, 5.41) is 2.82. The van der Waals surface area contributed by atoms with Crippen LogP contribution in [-0.2, 0) is 6.42 Å². The number of nitrogen functional groups attached to an aromatic ring is 1. The van der Waals surface area contributed by atoms with E-state index in [9.17, 15) is 4.79 Å². The number of hydrogen-bond acceptors (Lipinski definition) is 4. The number of pyridine rings is 1. The first-order valence-electron chi connectivity index (χ1n) is 5.47. The molecule has 4 N–H and O–H groups in total. The molecule has 88 valence electrons. The summed E-state index contributed by atoms with van der Waals surface area (Å²) in [5.41, 5.74) is 3.90. The lowest BCUT2D eigenvalue weighted by Crippen LogP contribution is -2.24. The van der Waals surface area contributed by atoms with Crippen molar-refractivity contribution in [3.05, 3.63) is 23.4 Å². The van der Waals surface area contributed by atoms with Crippen molar-refractivity contribution >= 4 is 11.7 Å². The fraction of sp³-hybridized carbons (Fsp3) is 0.455. The quantitative estimate of drug-likeness (QED) is 0.514. The molecule has 0 saturated heterocycles. The number of aryl methyl sites for hydroxylation is 1. The van der Waals surface area contributed by atoms with Crippen LogP contribution >= 0.6 is 0 Å². The van der Waals surface area contributed by atoms with Gasteiger partial charge in [0, 0.05) is 17.8 Å². The smallest absolute Gasteiger partial charge is 0.251 e. The molecule has 1 aromatic rings. The lowest BCUT2D eigenvalue weighted by molar-refractivity contribution is 0.0953. The molecule has 0 fully saturated rings. The SMILES string of the molecule is CCCNC(=O)c1cc(CC)nc(NN)c1. The van der Waals surface area contributed by atoms with E-state index in [1.807, 2.05) is 13.8 Å². The molecular weight excluding hydrogens is 204 g/mol. The normalized spacial score (nSPS) is 9.94. The van der Waals surface area contributed by atoms with E-state index in [0.717, 1.165) is 18.5 Å². The predicted octanol–water partition coefficient (Wildman–Crippen LogP) is 1.07. The number of hydrogen-bond donors (Lipinski definition) is 3. The third-order valence-electron chi connectivity index (χ3n) is 2.19. The second-order valence-corrected chi connectivity index (χ2v) is 3.49. The molecule has 1 amide bonds. The number of rotatable bonds is 5. The van der Waals surface area contributed by atoms with Crippen molar-refractivity contribution < 1.29 is 4.79 Å². The number of anilines is 1. The summed E-state index contributed by atoms with van der Waals surface area (Å²) >= 11 is 0. The van der Waals surface area contributed by atoms with Crippen molar-refractivity contribution in [2.45, 2.75) is 26.7 Å². The van der Waals surface area contributed by atoms with Crippen LogP contribution in [0.5, 0.6) is 0 Å². The lowest BCUT2D eigenvalue weighted by Gasteiger charge is -2.07. The minimum Gasteiger partial charge on any atom is -0.352 e. The van der Waals surface area contributed by atoms with E-state index >= 15 is 0 Å². The zero-order valence-electron chi connectivity index (χ0n) is 9.71. The summed E-state index contributed by atoms with van der Waals surface area (Å²) in [4.78, 5) is 15.9. The predicted molar refractivity (Wildman–Crippen MR) is 64.0 cm³/mol. The molecule has 1 rings (SSSR count). The van der Waals surface area contributed by atoms with Crippen molar-refractivity contribution in [3.63, 3.8) is 0 Å².